The second-order valence-electron chi connectivity index (χ2n) is 6.33. The summed E-state index contributed by atoms with van der Waals surface area (Å²) in [5.41, 5.74) is 2.06. The summed E-state index contributed by atoms with van der Waals surface area (Å²) in [7, 11) is 0. The molecule has 1 aliphatic rings. The standard InChI is InChI=1S/C19H20F2N4O3/c20-16-8-12(18(26)24-22)9-17(21)15(16)10-14-11-25(6-7-28-14)19(27)23-13-4-2-1-3-5-13/h1-5,8-9,14H,6-7,10-11,22H2,(H,23,27)(H,24,26). The van der Waals surface area contributed by atoms with Gasteiger partial charge < -0.3 is 15.0 Å². The first-order valence-electron chi connectivity index (χ1n) is 8.69. The average Bonchev–Trinajstić information content (AvgIpc) is 2.71. The van der Waals surface area contributed by atoms with Crippen LogP contribution in [0.15, 0.2) is 42.5 Å². The number of hydrogen-bond donors (Lipinski definition) is 3. The summed E-state index contributed by atoms with van der Waals surface area (Å²) in [6.07, 6.45) is -0.648. The van der Waals surface area contributed by atoms with Crippen molar-refractivity contribution in [3.8, 4) is 0 Å². The van der Waals surface area contributed by atoms with E-state index in [4.69, 9.17) is 10.6 Å². The van der Waals surface area contributed by atoms with Crippen molar-refractivity contribution < 1.29 is 23.1 Å². The number of rotatable bonds is 4. The largest absolute Gasteiger partial charge is 0.374 e. The van der Waals surface area contributed by atoms with E-state index in [9.17, 15) is 18.4 Å². The molecule has 1 fully saturated rings. The molecule has 1 saturated heterocycles. The van der Waals surface area contributed by atoms with Crippen LogP contribution in [-0.2, 0) is 11.2 Å². The Balaban J connectivity index is 1.66. The first-order valence-corrected chi connectivity index (χ1v) is 8.69. The lowest BCUT2D eigenvalue weighted by atomic mass is 10.0. The number of anilines is 1. The van der Waals surface area contributed by atoms with Crippen molar-refractivity contribution in [2.75, 3.05) is 25.0 Å². The second-order valence-corrected chi connectivity index (χ2v) is 6.33. The Morgan fingerprint density at radius 2 is 1.86 bits per heavy atom. The van der Waals surface area contributed by atoms with Gasteiger partial charge in [-0.25, -0.2) is 19.4 Å². The van der Waals surface area contributed by atoms with Gasteiger partial charge in [-0.3, -0.25) is 10.2 Å². The minimum atomic E-state index is -0.868. The third kappa shape index (κ3) is 4.62. The molecular weight excluding hydrogens is 370 g/mol. The van der Waals surface area contributed by atoms with Gasteiger partial charge in [-0.1, -0.05) is 18.2 Å². The highest BCUT2D eigenvalue weighted by molar-refractivity contribution is 5.93. The average molecular weight is 390 g/mol. The number of amides is 3. The number of nitrogens with two attached hydrogens (primary N) is 1. The third-order valence-corrected chi connectivity index (χ3v) is 4.42. The molecule has 0 saturated carbocycles. The predicted octanol–water partition coefficient (Wildman–Crippen LogP) is 2.04. The summed E-state index contributed by atoms with van der Waals surface area (Å²) in [5, 5.41) is 2.77. The number of urea groups is 1. The Labute approximate surface area is 160 Å². The molecule has 3 rings (SSSR count). The molecule has 0 spiro atoms. The fourth-order valence-corrected chi connectivity index (χ4v) is 2.99. The van der Waals surface area contributed by atoms with E-state index in [0.29, 0.717) is 12.2 Å². The number of ether oxygens (including phenoxy) is 1. The van der Waals surface area contributed by atoms with Crippen LogP contribution in [0.4, 0.5) is 19.3 Å². The molecule has 2 aromatic carbocycles. The molecule has 3 amide bonds. The van der Waals surface area contributed by atoms with E-state index in [1.54, 1.807) is 24.3 Å². The minimum Gasteiger partial charge on any atom is -0.374 e. The maximum atomic E-state index is 14.3. The zero-order chi connectivity index (χ0) is 20.1. The first-order chi connectivity index (χ1) is 13.5. The summed E-state index contributed by atoms with van der Waals surface area (Å²) in [4.78, 5) is 25.4. The minimum absolute atomic E-state index is 0.0721. The van der Waals surface area contributed by atoms with Crippen LogP contribution in [0.3, 0.4) is 0 Å². The van der Waals surface area contributed by atoms with Crippen LogP contribution in [0.2, 0.25) is 0 Å². The number of hydrazine groups is 1. The lowest BCUT2D eigenvalue weighted by Crippen LogP contribution is -2.48. The van der Waals surface area contributed by atoms with Crippen molar-refractivity contribution in [1.29, 1.82) is 0 Å². The van der Waals surface area contributed by atoms with E-state index in [1.165, 1.54) is 4.90 Å². The molecule has 1 heterocycles. The van der Waals surface area contributed by atoms with Crippen molar-refractivity contribution in [3.05, 3.63) is 65.2 Å². The van der Waals surface area contributed by atoms with Crippen molar-refractivity contribution in [3.63, 3.8) is 0 Å². The molecule has 0 radical (unpaired) electrons. The Morgan fingerprint density at radius 3 is 2.50 bits per heavy atom. The van der Waals surface area contributed by atoms with Gasteiger partial charge >= 0.3 is 6.03 Å². The number of para-hydroxylation sites is 1. The number of morpholine rings is 1. The van der Waals surface area contributed by atoms with E-state index >= 15 is 0 Å². The van der Waals surface area contributed by atoms with Crippen LogP contribution in [0.5, 0.6) is 0 Å². The Morgan fingerprint density at radius 1 is 1.18 bits per heavy atom. The normalized spacial score (nSPS) is 16.5. The maximum absolute atomic E-state index is 14.3. The van der Waals surface area contributed by atoms with Gasteiger partial charge in [0.25, 0.3) is 5.91 Å². The molecule has 0 aliphatic carbocycles. The topological polar surface area (TPSA) is 96.7 Å². The number of nitrogen functional groups attached to an aromatic ring is 1. The number of hydrogen-bond acceptors (Lipinski definition) is 4. The van der Waals surface area contributed by atoms with Gasteiger partial charge in [0.15, 0.2) is 0 Å². The summed E-state index contributed by atoms with van der Waals surface area (Å²) in [6, 6.07) is 10.5. The fourth-order valence-electron chi connectivity index (χ4n) is 2.99. The van der Waals surface area contributed by atoms with Crippen LogP contribution in [0.1, 0.15) is 15.9 Å². The van der Waals surface area contributed by atoms with Gasteiger partial charge in [-0.2, -0.15) is 0 Å². The van der Waals surface area contributed by atoms with Crippen LogP contribution >= 0.6 is 0 Å². The second kappa shape index (κ2) is 8.77. The molecule has 1 unspecified atom stereocenters. The van der Waals surface area contributed by atoms with Gasteiger partial charge in [-0.05, 0) is 24.3 Å². The molecule has 4 N–H and O–H groups in total. The van der Waals surface area contributed by atoms with Crippen molar-refractivity contribution >= 4 is 17.6 Å². The summed E-state index contributed by atoms with van der Waals surface area (Å²) in [6.45, 7) is 0.808. The van der Waals surface area contributed by atoms with E-state index in [1.807, 2.05) is 11.5 Å². The quantitative estimate of drug-likeness (QED) is 0.423. The van der Waals surface area contributed by atoms with Crippen molar-refractivity contribution in [2.45, 2.75) is 12.5 Å². The van der Waals surface area contributed by atoms with E-state index in [0.717, 1.165) is 12.1 Å². The smallest absolute Gasteiger partial charge is 0.322 e. The number of nitrogens with zero attached hydrogens (tertiary/aromatic N) is 1. The number of nitrogens with one attached hydrogen (secondary N) is 2. The molecule has 0 aromatic heterocycles. The van der Waals surface area contributed by atoms with Gasteiger partial charge in [0, 0.05) is 36.3 Å². The molecule has 2 aromatic rings. The summed E-state index contributed by atoms with van der Waals surface area (Å²) >= 11 is 0. The van der Waals surface area contributed by atoms with E-state index in [2.05, 4.69) is 5.32 Å². The van der Waals surface area contributed by atoms with Crippen LogP contribution < -0.4 is 16.6 Å². The summed E-state index contributed by atoms with van der Waals surface area (Å²) in [5.74, 6) is 2.46. The number of carbonyl (C=O) groups is 2. The molecule has 9 heteroatoms. The highest BCUT2D eigenvalue weighted by Crippen LogP contribution is 2.20. The van der Waals surface area contributed by atoms with Crippen molar-refractivity contribution in [2.24, 2.45) is 5.84 Å². The lowest BCUT2D eigenvalue weighted by molar-refractivity contribution is -0.0121. The zero-order valence-corrected chi connectivity index (χ0v) is 15.0. The van der Waals surface area contributed by atoms with Crippen LogP contribution in [0.25, 0.3) is 0 Å². The zero-order valence-electron chi connectivity index (χ0n) is 15.0. The molecule has 148 valence electrons. The van der Waals surface area contributed by atoms with Gasteiger partial charge in [-0.15, -0.1) is 0 Å². The monoisotopic (exact) mass is 390 g/mol. The van der Waals surface area contributed by atoms with Crippen LogP contribution in [0, 0.1) is 11.6 Å². The molecule has 1 aliphatic heterocycles. The van der Waals surface area contributed by atoms with Gasteiger partial charge in [0.1, 0.15) is 11.6 Å². The maximum Gasteiger partial charge on any atom is 0.322 e. The number of benzene rings is 2. The number of halogens is 2. The van der Waals surface area contributed by atoms with Gasteiger partial charge in [0.05, 0.1) is 12.7 Å². The Bertz CT molecular complexity index is 841. The molecule has 0 bridgehead atoms. The molecule has 1 atom stereocenters. The highest BCUT2D eigenvalue weighted by atomic mass is 19.1. The Kier molecular flexibility index (Phi) is 6.17. The predicted molar refractivity (Wildman–Crippen MR) is 98.5 cm³/mol. The third-order valence-electron chi connectivity index (χ3n) is 4.42. The molecular formula is C19H20F2N4O3. The lowest BCUT2D eigenvalue weighted by Gasteiger charge is -2.33. The Hall–Kier alpha value is -3.04. The van der Waals surface area contributed by atoms with Crippen molar-refractivity contribution in [1.82, 2.24) is 10.3 Å². The molecule has 7 nitrogen and oxygen atoms in total. The fraction of sp³-hybridized carbons (Fsp3) is 0.263. The first kappa shape index (κ1) is 19.7. The summed E-state index contributed by atoms with van der Waals surface area (Å²) < 4.78 is 34.2. The van der Waals surface area contributed by atoms with Crippen LogP contribution in [-0.4, -0.2) is 42.6 Å². The van der Waals surface area contributed by atoms with Gasteiger partial charge in [0.2, 0.25) is 0 Å². The highest BCUT2D eigenvalue weighted by Gasteiger charge is 2.27. The number of carbonyl (C=O) groups excluding carboxylic acids is 2. The van der Waals surface area contributed by atoms with E-state index in [-0.39, 0.29) is 36.7 Å². The SMILES string of the molecule is NNC(=O)c1cc(F)c(CC2CN(C(=O)Nc3ccccc3)CCO2)c(F)c1. The molecule has 28 heavy (non-hydrogen) atoms. The van der Waals surface area contributed by atoms with E-state index < -0.39 is 23.6 Å².